The molecule has 0 aromatic heterocycles. The molecule has 2 heterocycles. The van der Waals surface area contributed by atoms with Crippen molar-refractivity contribution in [2.24, 2.45) is 0 Å². The number of nitrogens with zero attached hydrogens (tertiary/aromatic N) is 2. The second kappa shape index (κ2) is 6.63. The molecule has 24 heavy (non-hydrogen) atoms. The van der Waals surface area contributed by atoms with E-state index < -0.39 is 12.1 Å². The van der Waals surface area contributed by atoms with Crippen LogP contribution in [-0.4, -0.2) is 47.2 Å². The van der Waals surface area contributed by atoms with E-state index in [2.05, 4.69) is 5.32 Å². The molecule has 1 aromatic rings. The lowest BCUT2D eigenvalue weighted by Crippen LogP contribution is -2.51. The van der Waals surface area contributed by atoms with Gasteiger partial charge in [0.15, 0.2) is 0 Å². The Balaban J connectivity index is 1.82. The number of likely N-dealkylation sites (tertiary alicyclic amines) is 1. The summed E-state index contributed by atoms with van der Waals surface area (Å²) < 4.78 is 0. The number of hydrogen-bond donors (Lipinski definition) is 1. The van der Waals surface area contributed by atoms with Crippen molar-refractivity contribution >= 4 is 17.7 Å². The van der Waals surface area contributed by atoms with Gasteiger partial charge in [0, 0.05) is 26.6 Å². The van der Waals surface area contributed by atoms with Gasteiger partial charge >= 0.3 is 0 Å². The summed E-state index contributed by atoms with van der Waals surface area (Å²) in [5.74, 6) is -0.356. The molecule has 2 unspecified atom stereocenters. The molecule has 1 saturated heterocycles. The topological polar surface area (TPSA) is 69.7 Å². The number of likely N-dealkylation sites (N-methyl/N-ethyl adjacent to an activating group) is 1. The predicted molar refractivity (Wildman–Crippen MR) is 88.8 cm³/mol. The molecule has 3 amide bonds. The van der Waals surface area contributed by atoms with Crippen LogP contribution in [0, 0.1) is 0 Å². The van der Waals surface area contributed by atoms with E-state index in [-0.39, 0.29) is 17.7 Å². The number of nitrogens with one attached hydrogen (secondary N) is 1. The predicted octanol–water partition coefficient (Wildman–Crippen LogP) is 1.22. The maximum atomic E-state index is 12.8. The third kappa shape index (κ3) is 2.88. The van der Waals surface area contributed by atoms with E-state index in [0.717, 1.165) is 17.5 Å². The molecule has 2 aliphatic rings. The van der Waals surface area contributed by atoms with Gasteiger partial charge in [-0.05, 0) is 24.0 Å². The van der Waals surface area contributed by atoms with Crippen LogP contribution in [0.4, 0.5) is 0 Å². The largest absolute Gasteiger partial charge is 0.339 e. The number of rotatable bonds is 4. The summed E-state index contributed by atoms with van der Waals surface area (Å²) in [6, 6.07) is 6.47. The molecule has 2 atom stereocenters. The van der Waals surface area contributed by atoms with Crippen LogP contribution < -0.4 is 5.32 Å². The first-order chi connectivity index (χ1) is 11.5. The minimum Gasteiger partial charge on any atom is -0.339 e. The summed E-state index contributed by atoms with van der Waals surface area (Å²) >= 11 is 0. The van der Waals surface area contributed by atoms with Crippen LogP contribution in [0.1, 0.15) is 43.4 Å². The highest BCUT2D eigenvalue weighted by atomic mass is 16.2. The number of hydrogen-bond acceptors (Lipinski definition) is 3. The van der Waals surface area contributed by atoms with Crippen LogP contribution >= 0.6 is 0 Å². The third-order valence-corrected chi connectivity index (χ3v) is 4.86. The molecule has 2 aliphatic heterocycles. The highest BCUT2D eigenvalue weighted by Gasteiger charge is 2.36. The molecular weight excluding hydrogens is 306 g/mol. The van der Waals surface area contributed by atoms with Crippen molar-refractivity contribution in [1.82, 2.24) is 15.1 Å². The molecule has 128 valence electrons. The smallest absolute Gasteiger partial charge is 0.249 e. The standard InChI is InChI=1S/C18H23N3O3/c1-3-14(21-10-6-9-15(21)22)17(23)19-16-13-8-5-4-7-12(13)11-20(2)18(16)24/h4-5,7-8,14,16H,3,6,9-11H2,1-2H3,(H,19,23). The quantitative estimate of drug-likeness (QED) is 0.903. The van der Waals surface area contributed by atoms with Crippen molar-refractivity contribution < 1.29 is 14.4 Å². The lowest BCUT2D eigenvalue weighted by atomic mass is 9.94. The molecule has 1 N–H and O–H groups in total. The molecule has 0 spiro atoms. The van der Waals surface area contributed by atoms with Crippen molar-refractivity contribution in [3.8, 4) is 0 Å². The molecule has 0 saturated carbocycles. The number of benzene rings is 1. The second-order valence-electron chi connectivity index (χ2n) is 6.45. The summed E-state index contributed by atoms with van der Waals surface area (Å²) in [5, 5.41) is 2.88. The highest BCUT2D eigenvalue weighted by Crippen LogP contribution is 2.27. The first-order valence-electron chi connectivity index (χ1n) is 8.45. The molecule has 6 nitrogen and oxygen atoms in total. The zero-order valence-electron chi connectivity index (χ0n) is 14.1. The van der Waals surface area contributed by atoms with E-state index in [0.29, 0.717) is 25.9 Å². The summed E-state index contributed by atoms with van der Waals surface area (Å²) in [6.07, 6.45) is 1.82. The Kier molecular flexibility index (Phi) is 4.55. The van der Waals surface area contributed by atoms with E-state index in [1.54, 1.807) is 16.8 Å². The van der Waals surface area contributed by atoms with Crippen LogP contribution in [0.25, 0.3) is 0 Å². The van der Waals surface area contributed by atoms with Crippen LogP contribution in [0.2, 0.25) is 0 Å². The Morgan fingerprint density at radius 2 is 2.08 bits per heavy atom. The molecule has 6 heteroatoms. The Morgan fingerprint density at radius 1 is 1.33 bits per heavy atom. The molecule has 1 fully saturated rings. The van der Waals surface area contributed by atoms with Gasteiger partial charge in [0.1, 0.15) is 12.1 Å². The fourth-order valence-electron chi connectivity index (χ4n) is 3.57. The van der Waals surface area contributed by atoms with Gasteiger partial charge in [0.25, 0.3) is 0 Å². The van der Waals surface area contributed by atoms with Crippen LogP contribution in [0.3, 0.4) is 0 Å². The maximum absolute atomic E-state index is 12.8. The molecular formula is C18H23N3O3. The summed E-state index contributed by atoms with van der Waals surface area (Å²) in [4.78, 5) is 40.5. The van der Waals surface area contributed by atoms with Gasteiger partial charge in [-0.3, -0.25) is 14.4 Å². The van der Waals surface area contributed by atoms with Crippen molar-refractivity contribution in [3.05, 3.63) is 35.4 Å². The first-order valence-corrected chi connectivity index (χ1v) is 8.45. The number of fused-ring (bicyclic) bond motifs is 1. The number of carbonyl (C=O) groups excluding carboxylic acids is 3. The van der Waals surface area contributed by atoms with E-state index >= 15 is 0 Å². The zero-order valence-corrected chi connectivity index (χ0v) is 14.1. The minimum absolute atomic E-state index is 0.0180. The Hall–Kier alpha value is -2.37. The van der Waals surface area contributed by atoms with E-state index in [9.17, 15) is 14.4 Å². The minimum atomic E-state index is -0.681. The van der Waals surface area contributed by atoms with E-state index in [4.69, 9.17) is 0 Å². The summed E-state index contributed by atoms with van der Waals surface area (Å²) in [7, 11) is 1.73. The van der Waals surface area contributed by atoms with Gasteiger partial charge in [-0.15, -0.1) is 0 Å². The zero-order chi connectivity index (χ0) is 17.3. The summed E-state index contributed by atoms with van der Waals surface area (Å²) in [6.45, 7) is 3.04. The van der Waals surface area contributed by atoms with Crippen LogP contribution in [-0.2, 0) is 20.9 Å². The van der Waals surface area contributed by atoms with Crippen molar-refractivity contribution in [2.75, 3.05) is 13.6 Å². The maximum Gasteiger partial charge on any atom is 0.249 e. The van der Waals surface area contributed by atoms with E-state index in [1.807, 2.05) is 31.2 Å². The summed E-state index contributed by atoms with van der Waals surface area (Å²) in [5.41, 5.74) is 1.88. The number of amides is 3. The fourth-order valence-corrected chi connectivity index (χ4v) is 3.57. The lowest BCUT2D eigenvalue weighted by Gasteiger charge is -2.34. The normalized spacial score (nSPS) is 21.7. The fraction of sp³-hybridized carbons (Fsp3) is 0.500. The Labute approximate surface area is 141 Å². The lowest BCUT2D eigenvalue weighted by molar-refractivity contribution is -0.141. The van der Waals surface area contributed by atoms with Gasteiger partial charge in [0.2, 0.25) is 17.7 Å². The average molecular weight is 329 g/mol. The first kappa shape index (κ1) is 16.5. The van der Waals surface area contributed by atoms with Gasteiger partial charge in [-0.1, -0.05) is 31.2 Å². The third-order valence-electron chi connectivity index (χ3n) is 4.86. The Morgan fingerprint density at radius 3 is 2.75 bits per heavy atom. The van der Waals surface area contributed by atoms with Gasteiger partial charge < -0.3 is 15.1 Å². The molecule has 0 aliphatic carbocycles. The monoisotopic (exact) mass is 329 g/mol. The van der Waals surface area contributed by atoms with E-state index in [1.165, 1.54) is 0 Å². The van der Waals surface area contributed by atoms with Crippen LogP contribution in [0.5, 0.6) is 0 Å². The molecule has 3 rings (SSSR count). The number of carbonyl (C=O) groups is 3. The molecule has 0 radical (unpaired) electrons. The average Bonchev–Trinajstić information content (AvgIpc) is 2.98. The SMILES string of the molecule is CCC(C(=O)NC1C(=O)N(C)Cc2ccccc21)N1CCCC1=O. The van der Waals surface area contributed by atoms with Crippen molar-refractivity contribution in [1.29, 1.82) is 0 Å². The Bertz CT molecular complexity index is 673. The molecule has 0 bridgehead atoms. The van der Waals surface area contributed by atoms with Gasteiger partial charge in [-0.2, -0.15) is 0 Å². The van der Waals surface area contributed by atoms with Gasteiger partial charge in [-0.25, -0.2) is 0 Å². The van der Waals surface area contributed by atoms with Crippen LogP contribution in [0.15, 0.2) is 24.3 Å². The van der Waals surface area contributed by atoms with Gasteiger partial charge in [0.05, 0.1) is 0 Å². The second-order valence-corrected chi connectivity index (χ2v) is 6.45. The van der Waals surface area contributed by atoms with Crippen molar-refractivity contribution in [3.63, 3.8) is 0 Å². The van der Waals surface area contributed by atoms with Crippen molar-refractivity contribution in [2.45, 2.75) is 44.8 Å². The molecule has 1 aromatic carbocycles. The highest BCUT2D eigenvalue weighted by molar-refractivity contribution is 5.93.